The largest absolute Gasteiger partial charge is 0.481 e. The van der Waals surface area contributed by atoms with E-state index >= 15 is 0 Å². The molecule has 2 aromatic rings. The van der Waals surface area contributed by atoms with Crippen LogP contribution >= 0.6 is 0 Å². The van der Waals surface area contributed by atoms with Crippen LogP contribution in [0, 0.1) is 11.3 Å². The van der Waals surface area contributed by atoms with Gasteiger partial charge in [0, 0.05) is 31.0 Å². The van der Waals surface area contributed by atoms with E-state index in [0.29, 0.717) is 19.6 Å². The van der Waals surface area contributed by atoms with E-state index in [0.717, 1.165) is 35.1 Å². The molecule has 3 fully saturated rings. The molecule has 2 saturated heterocycles. The number of amides is 2. The monoisotopic (exact) mass is 476 g/mol. The van der Waals surface area contributed by atoms with Crippen molar-refractivity contribution < 1.29 is 29.0 Å². The molecule has 2 amide bonds. The lowest BCUT2D eigenvalue weighted by molar-refractivity contribution is -0.143. The van der Waals surface area contributed by atoms with Gasteiger partial charge in [0.25, 0.3) is 5.91 Å². The van der Waals surface area contributed by atoms with Crippen LogP contribution < -0.4 is 5.32 Å². The van der Waals surface area contributed by atoms with E-state index in [2.05, 4.69) is 29.6 Å². The van der Waals surface area contributed by atoms with Crippen LogP contribution in [0.25, 0.3) is 11.1 Å². The summed E-state index contributed by atoms with van der Waals surface area (Å²) < 4.78 is 11.3. The van der Waals surface area contributed by atoms with E-state index in [1.54, 1.807) is 4.90 Å². The van der Waals surface area contributed by atoms with Crippen molar-refractivity contribution in [2.24, 2.45) is 11.3 Å². The molecule has 2 N–H and O–H groups in total. The summed E-state index contributed by atoms with van der Waals surface area (Å²) in [6.07, 6.45) is 0.770. The summed E-state index contributed by atoms with van der Waals surface area (Å²) in [5.41, 5.74) is 4.30. The van der Waals surface area contributed by atoms with Gasteiger partial charge < -0.3 is 24.8 Å². The Bertz CT molecular complexity index is 1150. The molecule has 6 rings (SSSR count). The number of likely N-dealkylation sites (tertiary alicyclic amines) is 1. The molecule has 3 atom stereocenters. The SMILES string of the molecule is O=C(N[C@@H]1CCO[C@@H]1C(=O)N1CC(C(=O)O)C2(CC2)C1)OCC1c2ccccc2-c2ccccc21. The lowest BCUT2D eigenvalue weighted by Crippen LogP contribution is -2.49. The topological polar surface area (TPSA) is 105 Å². The van der Waals surface area contributed by atoms with Crippen LogP contribution in [0.5, 0.6) is 0 Å². The molecule has 4 aliphatic rings. The molecule has 0 radical (unpaired) electrons. The minimum Gasteiger partial charge on any atom is -0.481 e. The highest BCUT2D eigenvalue weighted by molar-refractivity contribution is 5.85. The van der Waals surface area contributed by atoms with Gasteiger partial charge in [-0.2, -0.15) is 0 Å². The molecule has 1 saturated carbocycles. The maximum absolute atomic E-state index is 13.2. The molecule has 8 heteroatoms. The third kappa shape index (κ3) is 3.76. The number of aliphatic carboxylic acids is 1. The van der Waals surface area contributed by atoms with Crippen LogP contribution in [-0.4, -0.2) is 66.4 Å². The van der Waals surface area contributed by atoms with E-state index in [4.69, 9.17) is 9.47 Å². The first-order valence-electron chi connectivity index (χ1n) is 12.2. The van der Waals surface area contributed by atoms with Crippen LogP contribution in [0.4, 0.5) is 4.79 Å². The second kappa shape index (κ2) is 8.37. The maximum atomic E-state index is 13.2. The highest BCUT2D eigenvalue weighted by atomic mass is 16.6. The summed E-state index contributed by atoms with van der Waals surface area (Å²) in [5, 5.41) is 12.4. The zero-order chi connectivity index (χ0) is 24.2. The Hall–Kier alpha value is -3.39. The zero-order valence-corrected chi connectivity index (χ0v) is 19.3. The van der Waals surface area contributed by atoms with E-state index in [-0.39, 0.29) is 30.4 Å². The number of alkyl carbamates (subject to hydrolysis) is 1. The van der Waals surface area contributed by atoms with Crippen LogP contribution in [0.2, 0.25) is 0 Å². The fourth-order valence-corrected chi connectivity index (χ4v) is 6.10. The van der Waals surface area contributed by atoms with Gasteiger partial charge in [0.05, 0.1) is 12.0 Å². The van der Waals surface area contributed by atoms with Crippen molar-refractivity contribution in [3.05, 3.63) is 59.7 Å². The highest BCUT2D eigenvalue weighted by Gasteiger charge is 2.59. The molecule has 0 aromatic heterocycles. The highest BCUT2D eigenvalue weighted by Crippen LogP contribution is 2.56. The standard InChI is InChI=1S/C27H28N2O6/c30-24(29-13-21(25(31)32)27(15-29)10-11-27)23-22(9-12-34-23)28-26(33)35-14-20-18-7-3-1-5-16(18)17-6-2-4-8-19(17)20/h1-8,20-23H,9-15H2,(H,28,33)(H,31,32)/t21?,22-,23+/m1/s1. The smallest absolute Gasteiger partial charge is 0.407 e. The zero-order valence-electron chi connectivity index (χ0n) is 19.3. The van der Waals surface area contributed by atoms with Gasteiger partial charge in [0.1, 0.15) is 6.61 Å². The molecule has 2 aliphatic heterocycles. The first-order chi connectivity index (χ1) is 17.0. The van der Waals surface area contributed by atoms with Gasteiger partial charge >= 0.3 is 12.1 Å². The Kier molecular flexibility index (Phi) is 5.29. The van der Waals surface area contributed by atoms with Gasteiger partial charge in [-0.05, 0) is 41.5 Å². The minimum absolute atomic E-state index is 0.0438. The van der Waals surface area contributed by atoms with E-state index < -0.39 is 30.1 Å². The third-order valence-electron chi connectivity index (χ3n) is 8.13. The summed E-state index contributed by atoms with van der Waals surface area (Å²) in [6.45, 7) is 1.19. The second-order valence-corrected chi connectivity index (χ2v) is 10.1. The van der Waals surface area contributed by atoms with Gasteiger partial charge in [-0.15, -0.1) is 0 Å². The number of carbonyl (C=O) groups excluding carboxylic acids is 2. The Labute approximate surface area is 203 Å². The average molecular weight is 477 g/mol. The quantitative estimate of drug-likeness (QED) is 0.688. The minimum atomic E-state index is -0.849. The summed E-state index contributed by atoms with van der Waals surface area (Å²) in [4.78, 5) is 39.2. The van der Waals surface area contributed by atoms with Crippen molar-refractivity contribution in [2.75, 3.05) is 26.3 Å². The van der Waals surface area contributed by atoms with E-state index in [1.807, 2.05) is 24.3 Å². The number of ether oxygens (including phenoxy) is 2. The number of hydrogen-bond donors (Lipinski definition) is 2. The fraction of sp³-hybridized carbons (Fsp3) is 0.444. The Morgan fingerprint density at radius 2 is 1.71 bits per heavy atom. The van der Waals surface area contributed by atoms with Crippen LogP contribution in [0.1, 0.15) is 36.3 Å². The van der Waals surface area contributed by atoms with Crippen molar-refractivity contribution >= 4 is 18.0 Å². The molecular formula is C27H28N2O6. The molecule has 2 aliphatic carbocycles. The van der Waals surface area contributed by atoms with Gasteiger partial charge in [-0.1, -0.05) is 48.5 Å². The Morgan fingerprint density at radius 1 is 1.06 bits per heavy atom. The normalized spacial score (nSPS) is 25.8. The predicted octanol–water partition coefficient (Wildman–Crippen LogP) is 3.01. The number of rotatable bonds is 5. The lowest BCUT2D eigenvalue weighted by Gasteiger charge is -2.25. The lowest BCUT2D eigenvalue weighted by atomic mass is 9.93. The molecule has 0 bridgehead atoms. The number of fused-ring (bicyclic) bond motifs is 3. The van der Waals surface area contributed by atoms with Gasteiger partial charge in [0.2, 0.25) is 0 Å². The van der Waals surface area contributed by atoms with Crippen LogP contribution in [0.3, 0.4) is 0 Å². The van der Waals surface area contributed by atoms with Crippen molar-refractivity contribution in [3.63, 3.8) is 0 Å². The van der Waals surface area contributed by atoms with Crippen LogP contribution in [-0.2, 0) is 19.1 Å². The summed E-state index contributed by atoms with van der Waals surface area (Å²) in [7, 11) is 0. The third-order valence-corrected chi connectivity index (χ3v) is 8.13. The number of nitrogens with zero attached hydrogens (tertiary/aromatic N) is 1. The fourth-order valence-electron chi connectivity index (χ4n) is 6.10. The molecule has 2 aromatic carbocycles. The second-order valence-electron chi connectivity index (χ2n) is 10.1. The predicted molar refractivity (Wildman–Crippen MR) is 126 cm³/mol. The Balaban J connectivity index is 1.09. The molecule has 8 nitrogen and oxygen atoms in total. The molecular weight excluding hydrogens is 448 g/mol. The van der Waals surface area contributed by atoms with E-state index in [1.165, 1.54) is 0 Å². The van der Waals surface area contributed by atoms with Gasteiger partial charge in [-0.3, -0.25) is 9.59 Å². The number of carboxylic acids is 1. The molecule has 1 spiro atoms. The molecule has 35 heavy (non-hydrogen) atoms. The average Bonchev–Trinajstić information content (AvgIpc) is 3.18. The number of nitrogens with one attached hydrogen (secondary N) is 1. The molecule has 2 heterocycles. The number of benzene rings is 2. The maximum Gasteiger partial charge on any atom is 0.407 e. The summed E-state index contributed by atoms with van der Waals surface area (Å²) >= 11 is 0. The number of hydrogen-bond acceptors (Lipinski definition) is 5. The van der Waals surface area contributed by atoms with Crippen molar-refractivity contribution in [2.45, 2.75) is 37.3 Å². The first kappa shape index (κ1) is 22.1. The van der Waals surface area contributed by atoms with Crippen LogP contribution in [0.15, 0.2) is 48.5 Å². The summed E-state index contributed by atoms with van der Waals surface area (Å²) in [6, 6.07) is 15.8. The van der Waals surface area contributed by atoms with Gasteiger partial charge in [-0.25, -0.2) is 4.79 Å². The van der Waals surface area contributed by atoms with Crippen molar-refractivity contribution in [3.8, 4) is 11.1 Å². The first-order valence-corrected chi connectivity index (χ1v) is 12.2. The molecule has 1 unspecified atom stereocenters. The van der Waals surface area contributed by atoms with Crippen molar-refractivity contribution in [1.29, 1.82) is 0 Å². The molecule has 182 valence electrons. The number of carbonyl (C=O) groups is 3. The summed E-state index contributed by atoms with van der Waals surface area (Å²) in [5.74, 6) is -1.67. The van der Waals surface area contributed by atoms with Crippen molar-refractivity contribution in [1.82, 2.24) is 10.2 Å². The van der Waals surface area contributed by atoms with Gasteiger partial charge in [0.15, 0.2) is 6.10 Å². The van der Waals surface area contributed by atoms with E-state index in [9.17, 15) is 19.5 Å². The number of carboxylic acid groups (broad SMARTS) is 1. The Morgan fingerprint density at radius 3 is 2.31 bits per heavy atom.